The number of rotatable bonds is 30. The Morgan fingerprint density at radius 3 is 0.868 bits per heavy atom. The van der Waals surface area contributed by atoms with E-state index >= 15 is 0 Å². The van der Waals surface area contributed by atoms with Crippen molar-refractivity contribution < 1.29 is 14.7 Å². The third-order valence-corrected chi connectivity index (χ3v) is 12.9. The summed E-state index contributed by atoms with van der Waals surface area (Å²) in [5.74, 6) is 0. The van der Waals surface area contributed by atoms with E-state index in [1.165, 1.54) is 103 Å². The molecule has 0 aromatic heterocycles. The van der Waals surface area contributed by atoms with Crippen molar-refractivity contribution in [1.29, 1.82) is 0 Å². The molecule has 0 unspecified atom stereocenters. The van der Waals surface area contributed by atoms with Crippen molar-refractivity contribution in [2.45, 2.75) is 213 Å². The van der Waals surface area contributed by atoms with Gasteiger partial charge in [0.05, 0.1) is 0 Å². The molecule has 0 atom stereocenters. The monoisotopic (exact) mass is 561 g/mol. The molecule has 0 aromatic carbocycles. The van der Waals surface area contributed by atoms with E-state index in [0.29, 0.717) is 0 Å². The Kier molecular flexibility index (Phi) is 24.2. The molecule has 0 aliphatic heterocycles. The van der Waals surface area contributed by atoms with Gasteiger partial charge in [0.15, 0.2) is 0 Å². The van der Waals surface area contributed by atoms with E-state index in [1.807, 2.05) is 0 Å². The van der Waals surface area contributed by atoms with E-state index in [0.717, 1.165) is 77.0 Å². The summed E-state index contributed by atoms with van der Waals surface area (Å²) >= 11 is 0. The molecule has 3 N–H and O–H groups in total. The van der Waals surface area contributed by atoms with E-state index in [1.54, 1.807) is 0 Å². The number of unbranched alkanes of at least 4 members (excludes halogenated alkanes) is 21. The van der Waals surface area contributed by atoms with Crippen LogP contribution in [0.1, 0.15) is 207 Å². The fourth-order valence-electron chi connectivity index (χ4n) is 6.36. The van der Waals surface area contributed by atoms with Crippen LogP contribution in [-0.2, 0) is 0 Å². The van der Waals surface area contributed by atoms with Crippen molar-refractivity contribution in [2.24, 2.45) is 0 Å². The predicted octanol–water partition coefficient (Wildman–Crippen LogP) is 12.0. The second-order valence-electron chi connectivity index (χ2n) is 12.8. The SMILES string of the molecule is CCCCCCCCCC(CCCCCCCC)(CCCCCCCC)P(O)(O)(O)CCCCCCCC. The second-order valence-corrected chi connectivity index (χ2v) is 16.5. The predicted molar refractivity (Wildman–Crippen MR) is 173 cm³/mol. The third kappa shape index (κ3) is 17.9. The average molecular weight is 561 g/mol. The zero-order chi connectivity index (χ0) is 28.5. The Hall–Kier alpha value is 0.310. The molecule has 0 fully saturated rings. The fourth-order valence-corrected chi connectivity index (χ4v) is 9.49. The molecule has 0 aromatic rings. The summed E-state index contributed by atoms with van der Waals surface area (Å²) in [7, 11) is -4.78. The van der Waals surface area contributed by atoms with Gasteiger partial charge in [0.1, 0.15) is 0 Å². The van der Waals surface area contributed by atoms with Crippen LogP contribution in [0.2, 0.25) is 0 Å². The van der Waals surface area contributed by atoms with Gasteiger partial charge < -0.3 is 0 Å². The summed E-state index contributed by atoms with van der Waals surface area (Å²) in [6.07, 6.45) is 32.2. The van der Waals surface area contributed by atoms with E-state index in [4.69, 9.17) is 0 Å². The van der Waals surface area contributed by atoms with Gasteiger partial charge in [0.25, 0.3) is 0 Å². The van der Waals surface area contributed by atoms with Gasteiger partial charge >= 0.3 is 241 Å². The summed E-state index contributed by atoms with van der Waals surface area (Å²) in [4.78, 5) is 35.7. The van der Waals surface area contributed by atoms with Crippen molar-refractivity contribution in [3.05, 3.63) is 0 Å². The third-order valence-electron chi connectivity index (χ3n) is 9.13. The normalized spacial score (nSPS) is 13.6. The molecule has 0 spiro atoms. The average Bonchev–Trinajstić information content (AvgIpc) is 2.88. The first kappa shape index (κ1) is 38.3. The van der Waals surface area contributed by atoms with Crippen LogP contribution in [0.5, 0.6) is 0 Å². The topological polar surface area (TPSA) is 60.7 Å². The van der Waals surface area contributed by atoms with Gasteiger partial charge in [-0.3, -0.25) is 0 Å². The van der Waals surface area contributed by atoms with Crippen LogP contribution in [-0.4, -0.2) is 26.0 Å². The van der Waals surface area contributed by atoms with Crippen LogP contribution in [0.3, 0.4) is 0 Å². The molecule has 0 radical (unpaired) electrons. The molecule has 0 rings (SSSR count). The molecule has 0 saturated carbocycles. The Labute approximate surface area is 240 Å². The van der Waals surface area contributed by atoms with E-state index in [2.05, 4.69) is 27.7 Å². The summed E-state index contributed by atoms with van der Waals surface area (Å²) in [6.45, 7) is 8.99. The molecule has 0 saturated heterocycles. The van der Waals surface area contributed by atoms with Gasteiger partial charge in [-0.05, 0) is 0 Å². The van der Waals surface area contributed by atoms with E-state index in [9.17, 15) is 14.7 Å². The molecular formula is C34H73O3P. The van der Waals surface area contributed by atoms with Gasteiger partial charge in [-0.15, -0.1) is 0 Å². The summed E-state index contributed by atoms with van der Waals surface area (Å²) in [6, 6.07) is 0. The Balaban J connectivity index is 5.44. The first-order valence-corrected chi connectivity index (χ1v) is 19.8. The molecule has 0 heterocycles. The zero-order valence-corrected chi connectivity index (χ0v) is 27.7. The zero-order valence-electron chi connectivity index (χ0n) is 26.8. The van der Waals surface area contributed by atoms with Crippen LogP contribution >= 0.6 is 7.28 Å². The fraction of sp³-hybridized carbons (Fsp3) is 1.00. The van der Waals surface area contributed by atoms with Crippen molar-refractivity contribution in [3.63, 3.8) is 0 Å². The van der Waals surface area contributed by atoms with Crippen LogP contribution in [0, 0.1) is 0 Å². The van der Waals surface area contributed by atoms with Crippen molar-refractivity contribution in [2.75, 3.05) is 6.16 Å². The molecule has 232 valence electrons. The van der Waals surface area contributed by atoms with Crippen LogP contribution in [0.25, 0.3) is 0 Å². The van der Waals surface area contributed by atoms with Crippen molar-refractivity contribution in [3.8, 4) is 0 Å². The second kappa shape index (κ2) is 24.0. The first-order chi connectivity index (χ1) is 18.3. The molecular weight excluding hydrogens is 487 g/mol. The standard InChI is InChI=1S/C34H73O3P/c1-5-9-13-17-21-24-28-32-34(30-26-22-18-14-10-6-2,31-27-23-19-15-11-7-3)38(35,36,37)33-29-25-20-16-12-8-4/h35-37H,5-33H2,1-4H3. The Morgan fingerprint density at radius 1 is 0.342 bits per heavy atom. The molecule has 0 aliphatic rings. The maximum absolute atomic E-state index is 11.9. The van der Waals surface area contributed by atoms with Gasteiger partial charge in [-0.2, -0.15) is 0 Å². The van der Waals surface area contributed by atoms with Gasteiger partial charge in [0.2, 0.25) is 0 Å². The van der Waals surface area contributed by atoms with E-state index in [-0.39, 0.29) is 6.16 Å². The minimum atomic E-state index is -4.78. The van der Waals surface area contributed by atoms with Gasteiger partial charge in [-0.25, -0.2) is 0 Å². The van der Waals surface area contributed by atoms with Gasteiger partial charge in [-0.1, -0.05) is 0 Å². The molecule has 38 heavy (non-hydrogen) atoms. The van der Waals surface area contributed by atoms with Gasteiger partial charge in [0, 0.05) is 0 Å². The summed E-state index contributed by atoms with van der Waals surface area (Å²) in [5, 5.41) is -0.687. The number of hydrogen-bond acceptors (Lipinski definition) is 3. The summed E-state index contributed by atoms with van der Waals surface area (Å²) in [5.41, 5.74) is 0. The molecule has 0 aliphatic carbocycles. The Bertz CT molecular complexity index is 484. The minimum absolute atomic E-state index is 0.222. The maximum atomic E-state index is 11.9. The number of hydrogen-bond donors (Lipinski definition) is 3. The van der Waals surface area contributed by atoms with Crippen molar-refractivity contribution >= 4 is 7.28 Å². The molecule has 0 bridgehead atoms. The first-order valence-electron chi connectivity index (χ1n) is 17.5. The van der Waals surface area contributed by atoms with Crippen LogP contribution < -0.4 is 0 Å². The van der Waals surface area contributed by atoms with Crippen LogP contribution in [0.15, 0.2) is 0 Å². The van der Waals surface area contributed by atoms with Crippen molar-refractivity contribution in [1.82, 2.24) is 0 Å². The molecule has 0 amide bonds. The Morgan fingerprint density at radius 2 is 0.579 bits per heavy atom. The molecule has 3 nitrogen and oxygen atoms in total. The molecule has 4 heteroatoms. The quantitative estimate of drug-likeness (QED) is 0.0604. The van der Waals surface area contributed by atoms with Crippen LogP contribution in [0.4, 0.5) is 0 Å². The summed E-state index contributed by atoms with van der Waals surface area (Å²) < 4.78 is 0. The van der Waals surface area contributed by atoms with E-state index < -0.39 is 12.4 Å².